The lowest BCUT2D eigenvalue weighted by molar-refractivity contribution is -0.123. The van der Waals surface area contributed by atoms with Crippen molar-refractivity contribution in [2.24, 2.45) is 0 Å². The minimum atomic E-state index is -0.258. The molecule has 5 heteroatoms. The molecule has 2 aromatic rings. The third kappa shape index (κ3) is 3.04. The molecule has 0 spiro atoms. The van der Waals surface area contributed by atoms with Crippen LogP contribution in [-0.4, -0.2) is 18.4 Å². The van der Waals surface area contributed by atoms with E-state index in [0.29, 0.717) is 4.88 Å². The van der Waals surface area contributed by atoms with Crippen LogP contribution in [0.3, 0.4) is 0 Å². The van der Waals surface area contributed by atoms with Crippen LogP contribution in [0.25, 0.3) is 0 Å². The van der Waals surface area contributed by atoms with Crippen LogP contribution in [0.4, 0.5) is 0 Å². The van der Waals surface area contributed by atoms with Crippen LogP contribution in [0.15, 0.2) is 47.8 Å². The number of amides is 2. The van der Waals surface area contributed by atoms with E-state index in [4.69, 9.17) is 0 Å². The van der Waals surface area contributed by atoms with Gasteiger partial charge in [-0.2, -0.15) is 0 Å². The summed E-state index contributed by atoms with van der Waals surface area (Å²) in [5.41, 5.74) is 0.880. The third-order valence-corrected chi connectivity index (χ3v) is 4.94. The molecule has 1 aromatic heterocycles. The summed E-state index contributed by atoms with van der Waals surface area (Å²) >= 11 is 1.36. The highest BCUT2D eigenvalue weighted by Crippen LogP contribution is 2.40. The maximum atomic E-state index is 12.2. The molecule has 0 unspecified atom stereocenters. The molecule has 1 fully saturated rings. The van der Waals surface area contributed by atoms with Crippen molar-refractivity contribution in [2.45, 2.75) is 24.8 Å². The molecule has 4 nitrogen and oxygen atoms in total. The molecule has 0 atom stereocenters. The van der Waals surface area contributed by atoms with Crippen molar-refractivity contribution in [2.75, 3.05) is 6.54 Å². The molecule has 114 valence electrons. The Morgan fingerprint density at radius 3 is 2.45 bits per heavy atom. The van der Waals surface area contributed by atoms with E-state index >= 15 is 0 Å². The van der Waals surface area contributed by atoms with Gasteiger partial charge in [-0.05, 0) is 36.3 Å². The van der Waals surface area contributed by atoms with Gasteiger partial charge in [0.25, 0.3) is 5.91 Å². The number of nitrogens with one attached hydrogen (secondary N) is 2. The van der Waals surface area contributed by atoms with Crippen LogP contribution >= 0.6 is 11.3 Å². The average Bonchev–Trinajstić information content (AvgIpc) is 3.04. The Morgan fingerprint density at radius 1 is 1.09 bits per heavy atom. The van der Waals surface area contributed by atoms with Crippen LogP contribution in [-0.2, 0) is 10.3 Å². The van der Waals surface area contributed by atoms with E-state index in [9.17, 15) is 9.59 Å². The fourth-order valence-corrected chi connectivity index (χ4v) is 3.38. The van der Waals surface area contributed by atoms with E-state index in [-0.39, 0.29) is 23.9 Å². The van der Waals surface area contributed by atoms with Gasteiger partial charge in [0, 0.05) is 0 Å². The molecule has 0 aliphatic heterocycles. The van der Waals surface area contributed by atoms with Crippen molar-refractivity contribution in [3.05, 3.63) is 58.3 Å². The number of hydrogen-bond acceptors (Lipinski definition) is 3. The Morgan fingerprint density at radius 2 is 1.86 bits per heavy atom. The monoisotopic (exact) mass is 314 g/mol. The topological polar surface area (TPSA) is 58.2 Å². The zero-order valence-corrected chi connectivity index (χ0v) is 13.0. The second kappa shape index (κ2) is 6.32. The first kappa shape index (κ1) is 14.8. The van der Waals surface area contributed by atoms with E-state index < -0.39 is 0 Å². The van der Waals surface area contributed by atoms with Gasteiger partial charge in [-0.15, -0.1) is 11.3 Å². The Labute approximate surface area is 133 Å². The lowest BCUT2D eigenvalue weighted by atomic mass is 9.72. The van der Waals surface area contributed by atoms with E-state index in [2.05, 4.69) is 10.6 Å². The van der Waals surface area contributed by atoms with Gasteiger partial charge in [0.15, 0.2) is 0 Å². The molecule has 2 N–H and O–H groups in total. The highest BCUT2D eigenvalue weighted by molar-refractivity contribution is 7.12. The molecule has 1 saturated carbocycles. The number of carbonyl (C=O) groups excluding carboxylic acids is 2. The summed E-state index contributed by atoms with van der Waals surface area (Å²) in [5.74, 6) is -0.346. The number of carbonyl (C=O) groups is 2. The molecule has 0 saturated heterocycles. The summed E-state index contributed by atoms with van der Waals surface area (Å²) < 4.78 is 0. The summed E-state index contributed by atoms with van der Waals surface area (Å²) in [5, 5.41) is 7.60. The summed E-state index contributed by atoms with van der Waals surface area (Å²) in [4.78, 5) is 24.6. The van der Waals surface area contributed by atoms with Gasteiger partial charge in [0.05, 0.1) is 17.0 Å². The minimum Gasteiger partial charge on any atom is -0.345 e. The fourth-order valence-electron chi connectivity index (χ4n) is 2.74. The van der Waals surface area contributed by atoms with Gasteiger partial charge < -0.3 is 10.6 Å². The quantitative estimate of drug-likeness (QED) is 0.891. The number of thiophene rings is 1. The van der Waals surface area contributed by atoms with Crippen molar-refractivity contribution in [3.63, 3.8) is 0 Å². The summed E-state index contributed by atoms with van der Waals surface area (Å²) in [6.45, 7) is 0.00527. The third-order valence-electron chi connectivity index (χ3n) is 4.07. The van der Waals surface area contributed by atoms with E-state index in [1.165, 1.54) is 11.3 Å². The van der Waals surface area contributed by atoms with Gasteiger partial charge in [-0.3, -0.25) is 9.59 Å². The lowest BCUT2D eigenvalue weighted by Gasteiger charge is -2.43. The van der Waals surface area contributed by atoms with E-state index in [0.717, 1.165) is 24.8 Å². The van der Waals surface area contributed by atoms with Crippen LogP contribution < -0.4 is 10.6 Å². The van der Waals surface area contributed by atoms with E-state index in [1.807, 2.05) is 41.8 Å². The molecule has 3 rings (SSSR count). The average molecular weight is 314 g/mol. The number of hydrogen-bond donors (Lipinski definition) is 2. The van der Waals surface area contributed by atoms with Crippen molar-refractivity contribution in [1.82, 2.24) is 10.6 Å². The largest absolute Gasteiger partial charge is 0.345 e. The Hall–Kier alpha value is -2.14. The predicted molar refractivity (Wildman–Crippen MR) is 86.8 cm³/mol. The molecule has 22 heavy (non-hydrogen) atoms. The van der Waals surface area contributed by atoms with Gasteiger partial charge in [-0.25, -0.2) is 0 Å². The zero-order valence-electron chi connectivity index (χ0n) is 12.2. The molecule has 0 bridgehead atoms. The summed E-state index contributed by atoms with van der Waals surface area (Å²) in [6, 6.07) is 13.6. The summed E-state index contributed by atoms with van der Waals surface area (Å²) in [6.07, 6.45) is 3.00. The standard InChI is InChI=1S/C17H18N2O2S/c20-15(12-18-16(21)14-8-4-11-22-14)19-17(9-5-10-17)13-6-2-1-3-7-13/h1-4,6-8,11H,5,9-10,12H2,(H,18,21)(H,19,20). The molecular weight excluding hydrogens is 296 g/mol. The van der Waals surface area contributed by atoms with Crippen molar-refractivity contribution < 1.29 is 9.59 Å². The second-order valence-electron chi connectivity index (χ2n) is 5.51. The van der Waals surface area contributed by atoms with Crippen LogP contribution in [0.2, 0.25) is 0 Å². The fraction of sp³-hybridized carbons (Fsp3) is 0.294. The second-order valence-corrected chi connectivity index (χ2v) is 6.46. The maximum Gasteiger partial charge on any atom is 0.261 e. The maximum absolute atomic E-state index is 12.2. The Bertz CT molecular complexity index is 649. The smallest absolute Gasteiger partial charge is 0.261 e. The predicted octanol–water partition coefficient (Wildman–Crippen LogP) is 2.67. The first-order valence-corrected chi connectivity index (χ1v) is 8.26. The normalized spacial score (nSPS) is 15.6. The van der Waals surface area contributed by atoms with Crippen molar-refractivity contribution in [3.8, 4) is 0 Å². The summed E-state index contributed by atoms with van der Waals surface area (Å²) in [7, 11) is 0. The highest BCUT2D eigenvalue weighted by atomic mass is 32.1. The molecule has 2 amide bonds. The van der Waals surface area contributed by atoms with Crippen LogP contribution in [0.5, 0.6) is 0 Å². The molecule has 1 heterocycles. The Balaban J connectivity index is 1.58. The van der Waals surface area contributed by atoms with Crippen molar-refractivity contribution in [1.29, 1.82) is 0 Å². The molecule has 0 radical (unpaired) electrons. The first-order valence-electron chi connectivity index (χ1n) is 7.38. The molecule has 1 aromatic carbocycles. The van der Waals surface area contributed by atoms with Gasteiger partial charge >= 0.3 is 0 Å². The minimum absolute atomic E-state index is 0.00527. The van der Waals surface area contributed by atoms with Gasteiger partial charge in [0.2, 0.25) is 5.91 Å². The Kier molecular flexibility index (Phi) is 4.24. The molecular formula is C17H18N2O2S. The molecule has 1 aliphatic carbocycles. The number of rotatable bonds is 5. The van der Waals surface area contributed by atoms with Crippen LogP contribution in [0.1, 0.15) is 34.5 Å². The highest BCUT2D eigenvalue weighted by Gasteiger charge is 2.39. The van der Waals surface area contributed by atoms with Crippen molar-refractivity contribution >= 4 is 23.2 Å². The SMILES string of the molecule is O=C(CNC(=O)c1cccs1)NC1(c2ccccc2)CCC1. The van der Waals surface area contributed by atoms with Gasteiger partial charge in [0.1, 0.15) is 0 Å². The van der Waals surface area contributed by atoms with E-state index in [1.54, 1.807) is 6.07 Å². The van der Waals surface area contributed by atoms with Crippen LogP contribution in [0, 0.1) is 0 Å². The van der Waals surface area contributed by atoms with Gasteiger partial charge in [-0.1, -0.05) is 36.4 Å². The first-order chi connectivity index (χ1) is 10.7. The lowest BCUT2D eigenvalue weighted by Crippen LogP contribution is -2.53. The molecule has 1 aliphatic rings. The zero-order chi connectivity index (χ0) is 15.4. The number of benzene rings is 1.